The lowest BCUT2D eigenvalue weighted by Crippen LogP contribution is -2.45. The van der Waals surface area contributed by atoms with Crippen molar-refractivity contribution in [3.8, 4) is 36.5 Å². The van der Waals surface area contributed by atoms with Gasteiger partial charge in [0.1, 0.15) is 6.61 Å². The Bertz CT molecular complexity index is 2790. The summed E-state index contributed by atoms with van der Waals surface area (Å²) < 4.78 is 4.63. The summed E-state index contributed by atoms with van der Waals surface area (Å²) in [6.07, 6.45) is 28.0. The van der Waals surface area contributed by atoms with E-state index in [1.165, 1.54) is 54.4 Å². The Morgan fingerprint density at radius 2 is 0.837 bits per heavy atom. The summed E-state index contributed by atoms with van der Waals surface area (Å²) in [5.74, 6) is 7.13. The fraction of sp³-hybridized carbons (Fsp3) is 0.620. The highest BCUT2D eigenvalue weighted by Crippen LogP contribution is 2.19. The second kappa shape index (κ2) is 54.0. The van der Waals surface area contributed by atoms with Gasteiger partial charge in [-0.1, -0.05) is 163 Å². The first kappa shape index (κ1) is 109. The number of hydrogen-bond acceptors (Lipinski definition) is 15. The second-order valence-corrected chi connectivity index (χ2v) is 31.0. The van der Waals surface area contributed by atoms with Gasteiger partial charge in [-0.2, -0.15) is 0 Å². The van der Waals surface area contributed by atoms with E-state index in [0.717, 1.165) is 25.5 Å². The number of allylic oxidation sites excluding steroid dienone is 7. The van der Waals surface area contributed by atoms with Crippen molar-refractivity contribution >= 4 is 70.1 Å². The van der Waals surface area contributed by atoms with Crippen LogP contribution in [0.1, 0.15) is 234 Å². The third-order valence-electron chi connectivity index (χ3n) is 10.6. The molecule has 558 valence electrons. The monoisotopic (exact) mass is 1380 g/mol. The number of likely N-dealkylation sites (N-methyl/N-ethyl adjacent to an activating group) is 1. The molecule has 4 amide bonds. The molecule has 0 bridgehead atoms. The minimum atomic E-state index is -0.472. The number of terminal acetylenes is 2. The molecule has 0 saturated carbocycles. The Kier molecular flexibility index (Phi) is 60.0. The average molecular weight is 1380 g/mol. The third-order valence-corrected chi connectivity index (χ3v) is 10.6. The minimum Gasteiger partial charge on any atom is -0.463 e. The van der Waals surface area contributed by atoms with E-state index in [1.54, 1.807) is 74.7 Å². The lowest BCUT2D eigenvalue weighted by Gasteiger charge is -2.34. The standard InChI is InChI=1S/C10H17NO2.C10H19NO.C10H16O3.C9H14O2.C9H16O2.C9H16O.C8H13NO2.C7H11NO.C7H10O/c1-10(2,3)8(12)6-7-9(13)11(4)5;1-6-8-11(9(12)7-2)10(3,4)5;1-5-13-9(12)7-6-8(11)10(2,3)4;1-7(10)5-6-8(11)9(2,3)4;1-9(2,3)8(11)6-4-5-7-10;1-5-6-7-8(10)9(2,3)4;1-8(2,3)9-7(11)5-4-6-10;1-5-6(9)8-7(2,3)4;1-5-6(8)7(2,3)4/h6-7H,1-5H3;7H,2,6,8H2,1,3-5H3;6-7H,5H2,1-4H3;5-6H,1-4H3;4,6,10H,5,7H2,1-3H3;6-7H,5H2,1-4H3;10H,6H2,1-3H3,(H,9,11);1H,2-4H3,(H,8,9);1H,2-4H3/b7-6+;;7-6+;6-5+;6-4+;7-6+;;;. The fourth-order valence-electron chi connectivity index (χ4n) is 4.76. The van der Waals surface area contributed by atoms with Crippen LogP contribution in [-0.4, -0.2) is 147 Å². The van der Waals surface area contributed by atoms with E-state index in [-0.39, 0.29) is 116 Å². The first-order valence-electron chi connectivity index (χ1n) is 32.5. The van der Waals surface area contributed by atoms with Gasteiger partial charge in [-0.05, 0) is 156 Å². The summed E-state index contributed by atoms with van der Waals surface area (Å²) >= 11 is 0. The molecule has 0 spiro atoms. The molecule has 0 rings (SSSR count). The van der Waals surface area contributed by atoms with Gasteiger partial charge in [-0.15, -0.1) is 12.8 Å². The number of amides is 4. The molecule has 19 nitrogen and oxygen atoms in total. The van der Waals surface area contributed by atoms with Crippen LogP contribution in [-0.2, 0) is 62.3 Å². The number of carbonyl (C=O) groups excluding carboxylic acids is 12. The number of aliphatic hydroxyl groups excluding tert-OH is 2. The molecule has 0 aliphatic heterocycles. The van der Waals surface area contributed by atoms with Crippen LogP contribution in [0.15, 0.2) is 73.4 Å². The molecule has 4 N–H and O–H groups in total. The molecule has 0 saturated heterocycles. The number of hydrogen-bond donors (Lipinski definition) is 4. The van der Waals surface area contributed by atoms with Crippen LogP contribution in [0.3, 0.4) is 0 Å². The van der Waals surface area contributed by atoms with Crippen molar-refractivity contribution in [3.63, 3.8) is 0 Å². The van der Waals surface area contributed by atoms with Crippen LogP contribution in [0, 0.1) is 69.0 Å². The van der Waals surface area contributed by atoms with Crippen LogP contribution >= 0.6 is 0 Å². The molecule has 0 heterocycles. The molecule has 0 aliphatic carbocycles. The molecule has 0 unspecified atom stereocenters. The van der Waals surface area contributed by atoms with Gasteiger partial charge in [0.25, 0.3) is 11.8 Å². The number of ketones is 7. The maximum absolute atomic E-state index is 11.4. The molecule has 0 radical (unpaired) electrons. The molecule has 0 aliphatic rings. The lowest BCUT2D eigenvalue weighted by molar-refractivity contribution is -0.137. The summed E-state index contributed by atoms with van der Waals surface area (Å²) in [4.78, 5) is 135. The van der Waals surface area contributed by atoms with Crippen molar-refractivity contribution in [1.82, 2.24) is 20.4 Å². The topological polar surface area (TPSA) is 285 Å². The summed E-state index contributed by atoms with van der Waals surface area (Å²) in [6, 6.07) is 0. The zero-order chi connectivity index (χ0) is 80.3. The van der Waals surface area contributed by atoms with E-state index < -0.39 is 16.8 Å². The van der Waals surface area contributed by atoms with Gasteiger partial charge in [-0.3, -0.25) is 52.7 Å². The quantitative estimate of drug-likeness (QED) is 0.0513. The highest BCUT2D eigenvalue weighted by molar-refractivity contribution is 6.02. The van der Waals surface area contributed by atoms with Crippen molar-refractivity contribution in [3.05, 3.63) is 73.4 Å². The number of esters is 1. The first-order chi connectivity index (χ1) is 43.7. The number of carbonyl (C=O) groups is 12. The van der Waals surface area contributed by atoms with Gasteiger partial charge in [-0.25, -0.2) is 4.79 Å². The van der Waals surface area contributed by atoms with E-state index in [2.05, 4.69) is 46.6 Å². The van der Waals surface area contributed by atoms with Crippen LogP contribution < -0.4 is 10.6 Å². The molecular formula is C79H132N4O15. The lowest BCUT2D eigenvalue weighted by atomic mass is 9.90. The molecule has 0 fully saturated rings. The van der Waals surface area contributed by atoms with Crippen molar-refractivity contribution in [1.29, 1.82) is 0 Å². The highest BCUT2D eigenvalue weighted by Gasteiger charge is 2.24. The zero-order valence-corrected chi connectivity index (χ0v) is 66.8. The van der Waals surface area contributed by atoms with E-state index in [0.29, 0.717) is 13.0 Å². The van der Waals surface area contributed by atoms with Crippen molar-refractivity contribution in [2.45, 2.75) is 251 Å². The maximum Gasteiger partial charge on any atom is 0.330 e. The predicted octanol–water partition coefficient (Wildman–Crippen LogP) is 12.7. The summed E-state index contributed by atoms with van der Waals surface area (Å²) in [5.41, 5.74) is -2.70. The third kappa shape index (κ3) is 78.8. The predicted molar refractivity (Wildman–Crippen MR) is 401 cm³/mol. The molecule has 0 aromatic rings. The van der Waals surface area contributed by atoms with Crippen molar-refractivity contribution < 1.29 is 72.5 Å². The Balaban J connectivity index is -0.000000130. The molecule has 0 aromatic carbocycles. The van der Waals surface area contributed by atoms with Crippen LogP contribution in [0.5, 0.6) is 0 Å². The number of rotatable bonds is 15. The summed E-state index contributed by atoms with van der Waals surface area (Å²) in [7, 11) is 3.29. The number of nitrogens with zero attached hydrogens (tertiary/aromatic N) is 2. The number of Topliss-reactive ketones (excluding diaryl/α,β-unsaturated/α-hetero) is 1. The molecule has 98 heavy (non-hydrogen) atoms. The van der Waals surface area contributed by atoms with E-state index >= 15 is 0 Å². The molecule has 0 aromatic heterocycles. The van der Waals surface area contributed by atoms with Crippen LogP contribution in [0.4, 0.5) is 0 Å². The first-order valence-corrected chi connectivity index (χ1v) is 32.5. The molecular weight excluding hydrogens is 1240 g/mol. The van der Waals surface area contributed by atoms with Gasteiger partial charge in [0.15, 0.2) is 34.7 Å². The summed E-state index contributed by atoms with van der Waals surface area (Å²) in [6.45, 7) is 62.1. The molecule has 0 atom stereocenters. The maximum atomic E-state index is 11.4. The highest BCUT2D eigenvalue weighted by atomic mass is 16.5. The van der Waals surface area contributed by atoms with Crippen LogP contribution in [0.25, 0.3) is 0 Å². The minimum absolute atomic E-state index is 0.0179. The van der Waals surface area contributed by atoms with E-state index in [4.69, 9.17) is 23.1 Å². The van der Waals surface area contributed by atoms with Crippen LogP contribution in [0.2, 0.25) is 0 Å². The van der Waals surface area contributed by atoms with Gasteiger partial charge in [0.05, 0.1) is 6.61 Å². The number of aliphatic hydroxyl groups is 2. The van der Waals surface area contributed by atoms with Gasteiger partial charge in [0.2, 0.25) is 17.6 Å². The smallest absolute Gasteiger partial charge is 0.330 e. The Hall–Kier alpha value is -7.92. The largest absolute Gasteiger partial charge is 0.463 e. The Morgan fingerprint density at radius 3 is 1.08 bits per heavy atom. The Morgan fingerprint density at radius 1 is 0.480 bits per heavy atom. The number of nitrogens with one attached hydrogen (secondary N) is 2. The number of ether oxygens (including phenoxy) is 1. The fourth-order valence-corrected chi connectivity index (χ4v) is 4.76. The van der Waals surface area contributed by atoms with Gasteiger partial charge < -0.3 is 35.4 Å². The normalized spacial score (nSPS) is 11.3. The Labute approximate surface area is 593 Å². The zero-order valence-electron chi connectivity index (χ0n) is 66.8. The van der Waals surface area contributed by atoms with E-state index in [1.807, 2.05) is 169 Å². The molecule has 19 heteroatoms. The van der Waals surface area contributed by atoms with E-state index in [9.17, 15) is 57.5 Å². The van der Waals surface area contributed by atoms with Gasteiger partial charge in [0, 0.05) is 88.5 Å². The van der Waals surface area contributed by atoms with Gasteiger partial charge >= 0.3 is 5.97 Å². The second-order valence-electron chi connectivity index (χ2n) is 31.0. The SMILES string of the molecule is C#CC(=O)C(C)(C)C.C#CC(=O)NC(C)(C)C.C=CC(=O)N(CCC)C(C)(C)C.CC(=O)/C=C/C(=O)C(C)(C)C.CC(C)(C)C(=O)/C=C/CCO.CC(C)(C)NC(=O)C#CCO.CC/C=C/C(=O)C(C)(C)C.CCOC(=O)/C=C/C(=O)C(C)(C)C.CN(C)C(=O)/C=C/C(=O)C(C)(C)C. The van der Waals surface area contributed by atoms with Crippen molar-refractivity contribution in [2.75, 3.05) is 40.5 Å². The van der Waals surface area contributed by atoms with Crippen molar-refractivity contribution in [2.24, 2.45) is 32.5 Å². The summed E-state index contributed by atoms with van der Waals surface area (Å²) in [5, 5.41) is 21.9. The average Bonchev–Trinajstić information content (AvgIpc) is 0.879.